The summed E-state index contributed by atoms with van der Waals surface area (Å²) in [7, 11) is 1.87. The van der Waals surface area contributed by atoms with Gasteiger partial charge in [-0.15, -0.1) is 0 Å². The van der Waals surface area contributed by atoms with E-state index in [1.54, 1.807) is 6.07 Å². The Labute approximate surface area is 94.7 Å². The standard InChI is InChI=1S/C12H15FN2O/c1-9(8-16)15(2)7-10-3-4-12(13)11(5-10)6-14/h3-5,9,16H,7-8H2,1-2H3. The number of rotatable bonds is 4. The van der Waals surface area contributed by atoms with Gasteiger partial charge in [0.15, 0.2) is 0 Å². The maximum absolute atomic E-state index is 13.1. The minimum absolute atomic E-state index is 0.0376. The summed E-state index contributed by atoms with van der Waals surface area (Å²) in [5.41, 5.74) is 0.920. The first-order valence-electron chi connectivity index (χ1n) is 5.08. The Bertz CT molecular complexity index is 400. The van der Waals surface area contributed by atoms with E-state index in [-0.39, 0.29) is 18.2 Å². The van der Waals surface area contributed by atoms with E-state index in [0.717, 1.165) is 5.56 Å². The lowest BCUT2D eigenvalue weighted by molar-refractivity contribution is 0.154. The van der Waals surface area contributed by atoms with Gasteiger partial charge in [-0.3, -0.25) is 4.90 Å². The molecule has 1 N–H and O–H groups in total. The molecule has 0 amide bonds. The van der Waals surface area contributed by atoms with Crippen LogP contribution < -0.4 is 0 Å². The third-order valence-corrected chi connectivity index (χ3v) is 2.60. The molecule has 0 saturated carbocycles. The molecule has 86 valence electrons. The Morgan fingerprint density at radius 1 is 1.56 bits per heavy atom. The topological polar surface area (TPSA) is 47.3 Å². The monoisotopic (exact) mass is 222 g/mol. The molecule has 0 aliphatic rings. The van der Waals surface area contributed by atoms with Gasteiger partial charge < -0.3 is 5.11 Å². The van der Waals surface area contributed by atoms with Crippen LogP contribution >= 0.6 is 0 Å². The summed E-state index contributed by atoms with van der Waals surface area (Å²) in [5.74, 6) is -0.496. The molecule has 0 bridgehead atoms. The molecule has 0 saturated heterocycles. The molecule has 3 nitrogen and oxygen atoms in total. The molecule has 0 spiro atoms. The van der Waals surface area contributed by atoms with Crippen molar-refractivity contribution in [3.63, 3.8) is 0 Å². The van der Waals surface area contributed by atoms with Crippen molar-refractivity contribution >= 4 is 0 Å². The highest BCUT2D eigenvalue weighted by Crippen LogP contribution is 2.12. The summed E-state index contributed by atoms with van der Waals surface area (Å²) in [6.07, 6.45) is 0. The number of hydrogen-bond donors (Lipinski definition) is 1. The van der Waals surface area contributed by atoms with Crippen LogP contribution in [0.25, 0.3) is 0 Å². The summed E-state index contributed by atoms with van der Waals surface area (Å²) < 4.78 is 13.1. The van der Waals surface area contributed by atoms with Crippen LogP contribution in [-0.4, -0.2) is 29.7 Å². The highest BCUT2D eigenvalue weighted by Gasteiger charge is 2.09. The molecule has 1 unspecified atom stereocenters. The van der Waals surface area contributed by atoms with Crippen molar-refractivity contribution in [2.24, 2.45) is 0 Å². The molecule has 0 aliphatic heterocycles. The number of nitrogens with zero attached hydrogens (tertiary/aromatic N) is 2. The molecule has 0 heterocycles. The molecule has 1 aromatic rings. The lowest BCUT2D eigenvalue weighted by Gasteiger charge is -2.22. The normalized spacial score (nSPS) is 12.5. The van der Waals surface area contributed by atoms with E-state index in [4.69, 9.17) is 10.4 Å². The summed E-state index contributed by atoms with van der Waals surface area (Å²) >= 11 is 0. The number of aliphatic hydroxyl groups is 1. The Balaban J connectivity index is 2.79. The van der Waals surface area contributed by atoms with Crippen molar-refractivity contribution in [2.75, 3.05) is 13.7 Å². The van der Waals surface area contributed by atoms with E-state index < -0.39 is 5.82 Å². The van der Waals surface area contributed by atoms with E-state index in [1.165, 1.54) is 12.1 Å². The second kappa shape index (κ2) is 5.59. The quantitative estimate of drug-likeness (QED) is 0.840. The average molecular weight is 222 g/mol. The Kier molecular flexibility index (Phi) is 4.41. The molecule has 0 aliphatic carbocycles. The molecule has 1 rings (SSSR count). The van der Waals surface area contributed by atoms with Gasteiger partial charge in [-0.2, -0.15) is 5.26 Å². The average Bonchev–Trinajstić information content (AvgIpc) is 2.30. The fourth-order valence-electron chi connectivity index (χ4n) is 1.34. The van der Waals surface area contributed by atoms with Crippen LogP contribution in [0.2, 0.25) is 0 Å². The molecule has 16 heavy (non-hydrogen) atoms. The summed E-state index contributed by atoms with van der Waals surface area (Å²) in [4.78, 5) is 1.94. The summed E-state index contributed by atoms with van der Waals surface area (Å²) in [6, 6.07) is 6.33. The fraction of sp³-hybridized carbons (Fsp3) is 0.417. The van der Waals surface area contributed by atoms with E-state index in [2.05, 4.69) is 0 Å². The molecule has 0 fully saturated rings. The molecule has 1 aromatic carbocycles. The third-order valence-electron chi connectivity index (χ3n) is 2.60. The first-order chi connectivity index (χ1) is 7.58. The molecule has 4 heteroatoms. The zero-order valence-electron chi connectivity index (χ0n) is 9.44. The maximum atomic E-state index is 13.1. The first-order valence-corrected chi connectivity index (χ1v) is 5.08. The van der Waals surface area contributed by atoms with Gasteiger partial charge >= 0.3 is 0 Å². The second-order valence-corrected chi connectivity index (χ2v) is 3.87. The molecular formula is C12H15FN2O. The number of likely N-dealkylation sites (N-methyl/N-ethyl adjacent to an activating group) is 1. The van der Waals surface area contributed by atoms with E-state index in [1.807, 2.05) is 24.9 Å². The van der Waals surface area contributed by atoms with E-state index in [9.17, 15) is 4.39 Å². The van der Waals surface area contributed by atoms with Crippen molar-refractivity contribution in [3.05, 3.63) is 35.1 Å². The van der Waals surface area contributed by atoms with Crippen LogP contribution in [0.4, 0.5) is 4.39 Å². The largest absolute Gasteiger partial charge is 0.395 e. The van der Waals surface area contributed by atoms with Crippen molar-refractivity contribution < 1.29 is 9.50 Å². The van der Waals surface area contributed by atoms with Gasteiger partial charge in [-0.1, -0.05) is 6.07 Å². The van der Waals surface area contributed by atoms with Crippen LogP contribution in [0.15, 0.2) is 18.2 Å². The van der Waals surface area contributed by atoms with Crippen molar-refractivity contribution in [1.82, 2.24) is 4.90 Å². The van der Waals surface area contributed by atoms with Gasteiger partial charge in [0, 0.05) is 12.6 Å². The van der Waals surface area contributed by atoms with Crippen molar-refractivity contribution in [3.8, 4) is 6.07 Å². The van der Waals surface area contributed by atoms with Gasteiger partial charge in [0.2, 0.25) is 0 Å². The molecule has 0 radical (unpaired) electrons. The smallest absolute Gasteiger partial charge is 0.140 e. The highest BCUT2D eigenvalue weighted by atomic mass is 19.1. The Morgan fingerprint density at radius 2 is 2.25 bits per heavy atom. The van der Waals surface area contributed by atoms with Crippen molar-refractivity contribution in [2.45, 2.75) is 19.5 Å². The first kappa shape index (κ1) is 12.6. The lowest BCUT2D eigenvalue weighted by Crippen LogP contribution is -2.31. The van der Waals surface area contributed by atoms with Gasteiger partial charge in [0.25, 0.3) is 0 Å². The van der Waals surface area contributed by atoms with E-state index in [0.29, 0.717) is 6.54 Å². The number of nitriles is 1. The number of halogens is 1. The van der Waals surface area contributed by atoms with Gasteiger partial charge in [-0.05, 0) is 31.7 Å². The molecular weight excluding hydrogens is 207 g/mol. The Hall–Kier alpha value is -1.44. The number of aliphatic hydroxyl groups excluding tert-OH is 1. The maximum Gasteiger partial charge on any atom is 0.140 e. The Morgan fingerprint density at radius 3 is 2.81 bits per heavy atom. The molecule has 1 atom stereocenters. The van der Waals surface area contributed by atoms with Gasteiger partial charge in [0.1, 0.15) is 11.9 Å². The van der Waals surface area contributed by atoms with Crippen LogP contribution in [0, 0.1) is 17.1 Å². The fourth-order valence-corrected chi connectivity index (χ4v) is 1.34. The van der Waals surface area contributed by atoms with Crippen molar-refractivity contribution in [1.29, 1.82) is 5.26 Å². The zero-order chi connectivity index (χ0) is 12.1. The summed E-state index contributed by atoms with van der Waals surface area (Å²) in [6.45, 7) is 2.55. The predicted molar refractivity (Wildman–Crippen MR) is 59.1 cm³/mol. The third kappa shape index (κ3) is 3.02. The van der Waals surface area contributed by atoms with Crippen LogP contribution in [0.5, 0.6) is 0 Å². The highest BCUT2D eigenvalue weighted by molar-refractivity contribution is 5.34. The minimum Gasteiger partial charge on any atom is -0.395 e. The van der Waals surface area contributed by atoms with Crippen LogP contribution in [0.1, 0.15) is 18.1 Å². The van der Waals surface area contributed by atoms with E-state index >= 15 is 0 Å². The van der Waals surface area contributed by atoms with Gasteiger partial charge in [0.05, 0.1) is 12.2 Å². The summed E-state index contributed by atoms with van der Waals surface area (Å²) in [5, 5.41) is 17.7. The lowest BCUT2D eigenvalue weighted by atomic mass is 10.1. The van der Waals surface area contributed by atoms with Crippen LogP contribution in [-0.2, 0) is 6.54 Å². The zero-order valence-corrected chi connectivity index (χ0v) is 9.44. The SMILES string of the molecule is CC(CO)N(C)Cc1ccc(F)c(C#N)c1. The van der Waals surface area contributed by atoms with Gasteiger partial charge in [-0.25, -0.2) is 4.39 Å². The molecule has 0 aromatic heterocycles. The van der Waals surface area contributed by atoms with Crippen LogP contribution in [0.3, 0.4) is 0 Å². The number of hydrogen-bond acceptors (Lipinski definition) is 3. The second-order valence-electron chi connectivity index (χ2n) is 3.87. The number of benzene rings is 1. The predicted octanol–water partition coefficient (Wildman–Crippen LogP) is 1.51. The minimum atomic E-state index is -0.496.